The fourth-order valence-corrected chi connectivity index (χ4v) is 2.96. The molecular weight excluding hydrogens is 278 g/mol. The van der Waals surface area contributed by atoms with Crippen LogP contribution in [0.1, 0.15) is 35.4 Å². The van der Waals surface area contributed by atoms with Gasteiger partial charge in [0.05, 0.1) is 0 Å². The van der Waals surface area contributed by atoms with Gasteiger partial charge in [-0.2, -0.15) is 0 Å². The summed E-state index contributed by atoms with van der Waals surface area (Å²) in [6.45, 7) is 2.62. The highest BCUT2D eigenvalue weighted by Gasteiger charge is 2.22. The van der Waals surface area contributed by atoms with E-state index in [-0.39, 0.29) is 5.76 Å². The van der Waals surface area contributed by atoms with Gasteiger partial charge >= 0.3 is 5.97 Å². The van der Waals surface area contributed by atoms with Gasteiger partial charge in [-0.3, -0.25) is 4.90 Å². The van der Waals surface area contributed by atoms with Crippen LogP contribution in [0.3, 0.4) is 0 Å². The molecule has 1 aromatic carbocycles. The van der Waals surface area contributed by atoms with Crippen molar-refractivity contribution in [2.75, 3.05) is 13.1 Å². The Morgan fingerprint density at radius 2 is 2.05 bits per heavy atom. The van der Waals surface area contributed by atoms with Gasteiger partial charge in [-0.1, -0.05) is 18.0 Å². The number of carboxylic acid groups (broad SMARTS) is 1. The van der Waals surface area contributed by atoms with Crippen LogP contribution in [0.25, 0.3) is 11.0 Å². The number of halogens is 1. The molecule has 20 heavy (non-hydrogen) atoms. The number of rotatable bonds is 3. The first kappa shape index (κ1) is 13.5. The third kappa shape index (κ3) is 2.53. The zero-order valence-corrected chi connectivity index (χ0v) is 11.8. The molecule has 0 saturated carbocycles. The normalized spacial score (nSPS) is 16.6. The predicted octanol–water partition coefficient (Wildman–Crippen LogP) is 3.77. The largest absolute Gasteiger partial charge is 0.475 e. The molecule has 0 spiro atoms. The van der Waals surface area contributed by atoms with Crippen LogP contribution >= 0.6 is 11.6 Å². The maximum Gasteiger partial charge on any atom is 0.372 e. The van der Waals surface area contributed by atoms with E-state index < -0.39 is 5.97 Å². The van der Waals surface area contributed by atoms with Crippen molar-refractivity contribution < 1.29 is 14.3 Å². The number of piperidine rings is 1. The number of aromatic carboxylic acids is 1. The Morgan fingerprint density at radius 3 is 2.75 bits per heavy atom. The fraction of sp³-hybridized carbons (Fsp3) is 0.400. The highest BCUT2D eigenvalue weighted by Crippen LogP contribution is 2.30. The highest BCUT2D eigenvalue weighted by atomic mass is 35.5. The number of hydrogen-bond donors (Lipinski definition) is 1. The number of benzene rings is 1. The number of hydrogen-bond acceptors (Lipinski definition) is 3. The lowest BCUT2D eigenvalue weighted by Crippen LogP contribution is -2.29. The van der Waals surface area contributed by atoms with Crippen molar-refractivity contribution in [3.05, 3.63) is 34.5 Å². The van der Waals surface area contributed by atoms with E-state index >= 15 is 0 Å². The Labute approximate surface area is 121 Å². The van der Waals surface area contributed by atoms with Crippen molar-refractivity contribution in [3.8, 4) is 0 Å². The van der Waals surface area contributed by atoms with Gasteiger partial charge in [0.15, 0.2) is 0 Å². The topological polar surface area (TPSA) is 53.7 Å². The van der Waals surface area contributed by atoms with Gasteiger partial charge in [0, 0.05) is 22.5 Å². The van der Waals surface area contributed by atoms with Gasteiger partial charge in [-0.25, -0.2) is 4.79 Å². The average Bonchev–Trinajstić information content (AvgIpc) is 2.78. The van der Waals surface area contributed by atoms with Crippen molar-refractivity contribution in [2.45, 2.75) is 25.8 Å². The summed E-state index contributed by atoms with van der Waals surface area (Å²) in [6.07, 6.45) is 3.58. The maximum absolute atomic E-state index is 11.4. The lowest BCUT2D eigenvalue weighted by molar-refractivity contribution is 0.0661. The second-order valence-electron chi connectivity index (χ2n) is 5.19. The zero-order valence-electron chi connectivity index (χ0n) is 11.1. The summed E-state index contributed by atoms with van der Waals surface area (Å²) in [5, 5.41) is 10.7. The van der Waals surface area contributed by atoms with Crippen LogP contribution in [0.4, 0.5) is 0 Å². The molecule has 5 heteroatoms. The molecule has 1 aliphatic rings. The third-order valence-corrected chi connectivity index (χ3v) is 4.01. The van der Waals surface area contributed by atoms with Crippen molar-refractivity contribution >= 4 is 28.5 Å². The van der Waals surface area contributed by atoms with Crippen LogP contribution in [0.5, 0.6) is 0 Å². The molecule has 106 valence electrons. The molecular formula is C15H16ClNO3. The molecule has 2 aromatic rings. The third-order valence-electron chi connectivity index (χ3n) is 3.78. The standard InChI is InChI=1S/C15H16ClNO3/c16-10-4-5-13-11(8-10)12(14(20-13)15(18)19)9-17-6-2-1-3-7-17/h4-5,8H,1-3,6-7,9H2,(H,18,19). The van der Waals surface area contributed by atoms with Crippen LogP contribution in [-0.2, 0) is 6.54 Å². The molecule has 0 amide bonds. The van der Waals surface area contributed by atoms with E-state index in [1.165, 1.54) is 19.3 Å². The van der Waals surface area contributed by atoms with E-state index in [0.717, 1.165) is 24.0 Å². The van der Waals surface area contributed by atoms with Crippen LogP contribution in [0.2, 0.25) is 5.02 Å². The maximum atomic E-state index is 11.4. The van der Waals surface area contributed by atoms with Gasteiger partial charge in [-0.05, 0) is 44.1 Å². The summed E-state index contributed by atoms with van der Waals surface area (Å²) in [5.41, 5.74) is 1.32. The molecule has 0 atom stereocenters. The molecule has 4 nitrogen and oxygen atoms in total. The molecule has 1 aliphatic heterocycles. The average molecular weight is 294 g/mol. The number of carbonyl (C=O) groups is 1. The smallest absolute Gasteiger partial charge is 0.372 e. The van der Waals surface area contributed by atoms with Crippen molar-refractivity contribution in [3.63, 3.8) is 0 Å². The van der Waals surface area contributed by atoms with E-state index in [4.69, 9.17) is 16.0 Å². The molecule has 0 radical (unpaired) electrons. The second kappa shape index (κ2) is 5.46. The lowest BCUT2D eigenvalue weighted by Gasteiger charge is -2.26. The number of likely N-dealkylation sites (tertiary alicyclic amines) is 1. The first-order chi connectivity index (χ1) is 9.65. The molecule has 1 fully saturated rings. The molecule has 3 rings (SSSR count). The quantitative estimate of drug-likeness (QED) is 0.936. The van der Waals surface area contributed by atoms with Crippen LogP contribution in [0, 0.1) is 0 Å². The van der Waals surface area contributed by atoms with E-state index in [2.05, 4.69) is 4.90 Å². The van der Waals surface area contributed by atoms with E-state index in [0.29, 0.717) is 17.2 Å². The Morgan fingerprint density at radius 1 is 1.30 bits per heavy atom. The summed E-state index contributed by atoms with van der Waals surface area (Å²) in [7, 11) is 0. The Hall–Kier alpha value is -1.52. The number of carboxylic acids is 1. The van der Waals surface area contributed by atoms with Crippen molar-refractivity contribution in [2.24, 2.45) is 0 Å². The number of nitrogens with zero attached hydrogens (tertiary/aromatic N) is 1. The van der Waals surface area contributed by atoms with Gasteiger partial charge in [0.1, 0.15) is 5.58 Å². The van der Waals surface area contributed by atoms with Crippen molar-refractivity contribution in [1.82, 2.24) is 4.90 Å². The monoisotopic (exact) mass is 293 g/mol. The fourth-order valence-electron chi connectivity index (χ4n) is 2.79. The minimum Gasteiger partial charge on any atom is -0.475 e. The molecule has 0 bridgehead atoms. The van der Waals surface area contributed by atoms with Gasteiger partial charge < -0.3 is 9.52 Å². The van der Waals surface area contributed by atoms with E-state index in [1.807, 2.05) is 0 Å². The lowest BCUT2D eigenvalue weighted by atomic mass is 10.1. The van der Waals surface area contributed by atoms with Crippen molar-refractivity contribution in [1.29, 1.82) is 0 Å². The van der Waals surface area contributed by atoms with Crippen LogP contribution in [-0.4, -0.2) is 29.1 Å². The predicted molar refractivity (Wildman–Crippen MR) is 77.3 cm³/mol. The first-order valence-corrected chi connectivity index (χ1v) is 7.19. The summed E-state index contributed by atoms with van der Waals surface area (Å²) >= 11 is 6.02. The Bertz CT molecular complexity index is 644. The van der Waals surface area contributed by atoms with Crippen LogP contribution < -0.4 is 0 Å². The zero-order chi connectivity index (χ0) is 14.1. The Kier molecular flexibility index (Phi) is 3.68. The van der Waals surface area contributed by atoms with E-state index in [1.54, 1.807) is 18.2 Å². The summed E-state index contributed by atoms with van der Waals surface area (Å²) in [4.78, 5) is 13.7. The molecule has 0 aliphatic carbocycles. The first-order valence-electron chi connectivity index (χ1n) is 6.82. The summed E-state index contributed by atoms with van der Waals surface area (Å²) < 4.78 is 5.47. The minimum absolute atomic E-state index is 0.0350. The molecule has 0 unspecified atom stereocenters. The molecule has 1 saturated heterocycles. The summed E-state index contributed by atoms with van der Waals surface area (Å²) in [5.74, 6) is -0.989. The molecule has 1 aromatic heterocycles. The van der Waals surface area contributed by atoms with E-state index in [9.17, 15) is 9.90 Å². The molecule has 1 N–H and O–H groups in total. The Balaban J connectivity index is 2.03. The SMILES string of the molecule is O=C(O)c1oc2ccc(Cl)cc2c1CN1CCCCC1. The van der Waals surface area contributed by atoms with Gasteiger partial charge in [-0.15, -0.1) is 0 Å². The van der Waals surface area contributed by atoms with Gasteiger partial charge in [0.2, 0.25) is 5.76 Å². The van der Waals surface area contributed by atoms with Gasteiger partial charge in [0.25, 0.3) is 0 Å². The highest BCUT2D eigenvalue weighted by molar-refractivity contribution is 6.31. The second-order valence-corrected chi connectivity index (χ2v) is 5.63. The summed E-state index contributed by atoms with van der Waals surface area (Å²) in [6, 6.07) is 5.22. The number of fused-ring (bicyclic) bond motifs is 1. The minimum atomic E-state index is -1.02. The van der Waals surface area contributed by atoms with Crippen LogP contribution in [0.15, 0.2) is 22.6 Å². The molecule has 2 heterocycles. The number of furan rings is 1.